The van der Waals surface area contributed by atoms with Crippen LogP contribution < -0.4 is 10.1 Å². The number of carbonyl (C=O) groups excluding carboxylic acids is 1. The Morgan fingerprint density at radius 1 is 0.935 bits per heavy atom. The molecule has 4 aromatic rings. The van der Waals surface area contributed by atoms with Gasteiger partial charge in [-0.15, -0.1) is 0 Å². The second-order valence-electron chi connectivity index (χ2n) is 6.74. The molecule has 4 rings (SSSR count). The van der Waals surface area contributed by atoms with Crippen LogP contribution in [0.25, 0.3) is 22.6 Å². The fourth-order valence-corrected chi connectivity index (χ4v) is 3.89. The third-order valence-electron chi connectivity index (χ3n) is 4.63. The molecule has 0 saturated carbocycles. The van der Waals surface area contributed by atoms with Gasteiger partial charge in [-0.05, 0) is 12.1 Å². The summed E-state index contributed by atoms with van der Waals surface area (Å²) in [5.41, 5.74) is 3.42. The molecule has 0 fully saturated rings. The van der Waals surface area contributed by atoms with Crippen LogP contribution in [0.2, 0.25) is 0 Å². The molecule has 5 nitrogen and oxygen atoms in total. The van der Waals surface area contributed by atoms with Gasteiger partial charge in [0.15, 0.2) is 5.76 Å². The number of anilines is 1. The lowest BCUT2D eigenvalue weighted by Crippen LogP contribution is -2.12. The number of amides is 1. The second kappa shape index (κ2) is 10.00. The molecule has 1 amide bonds. The first-order valence-electron chi connectivity index (χ1n) is 9.92. The van der Waals surface area contributed by atoms with Gasteiger partial charge in [0.1, 0.15) is 11.4 Å². The molecule has 0 radical (unpaired) electrons. The quantitative estimate of drug-likeness (QED) is 0.340. The average molecular weight is 431 g/mol. The van der Waals surface area contributed by atoms with Crippen molar-refractivity contribution in [3.63, 3.8) is 0 Å². The van der Waals surface area contributed by atoms with Crippen molar-refractivity contribution in [3.8, 4) is 28.3 Å². The Morgan fingerprint density at radius 2 is 1.58 bits per heavy atom. The maximum absolute atomic E-state index is 12.4. The third-order valence-corrected chi connectivity index (χ3v) is 5.46. The number of aromatic nitrogens is 1. The zero-order chi connectivity index (χ0) is 21.5. The van der Waals surface area contributed by atoms with E-state index < -0.39 is 0 Å². The molecule has 0 unspecified atom stereocenters. The van der Waals surface area contributed by atoms with Crippen LogP contribution in [0.5, 0.6) is 5.75 Å². The van der Waals surface area contributed by atoms with Crippen molar-refractivity contribution >= 4 is 23.4 Å². The molecule has 0 bridgehead atoms. The Labute approximate surface area is 185 Å². The Kier molecular flexibility index (Phi) is 6.69. The van der Waals surface area contributed by atoms with Gasteiger partial charge in [0.05, 0.1) is 12.8 Å². The standard InChI is InChI=1S/C25H22N2O3S/c1-29-21-15-9-8-14-20(21)26-22(28)16-17-31-25-27-23(18-10-4-2-5-11-18)24(30-25)19-12-6-3-7-13-19/h2-15H,16-17H2,1H3,(H,26,28). The van der Waals surface area contributed by atoms with E-state index in [1.807, 2.05) is 84.9 Å². The summed E-state index contributed by atoms with van der Waals surface area (Å²) < 4.78 is 11.4. The summed E-state index contributed by atoms with van der Waals surface area (Å²) >= 11 is 1.42. The number of carbonyl (C=O) groups is 1. The monoisotopic (exact) mass is 430 g/mol. The van der Waals surface area contributed by atoms with Crippen LogP contribution in [0.4, 0.5) is 5.69 Å². The summed E-state index contributed by atoms with van der Waals surface area (Å²) in [6.07, 6.45) is 0.326. The molecule has 0 aliphatic heterocycles. The zero-order valence-electron chi connectivity index (χ0n) is 17.1. The predicted octanol–water partition coefficient (Wildman–Crippen LogP) is 6.14. The van der Waals surface area contributed by atoms with Gasteiger partial charge < -0.3 is 14.5 Å². The molecular formula is C25H22N2O3S. The highest BCUT2D eigenvalue weighted by atomic mass is 32.2. The maximum atomic E-state index is 12.4. The van der Waals surface area contributed by atoms with Gasteiger partial charge in [0, 0.05) is 23.3 Å². The number of nitrogens with zero attached hydrogens (tertiary/aromatic N) is 1. The molecule has 0 atom stereocenters. The number of benzene rings is 3. The number of oxazole rings is 1. The number of hydrogen-bond acceptors (Lipinski definition) is 5. The van der Waals surface area contributed by atoms with Crippen molar-refractivity contribution in [2.24, 2.45) is 0 Å². The molecule has 156 valence electrons. The highest BCUT2D eigenvalue weighted by molar-refractivity contribution is 7.99. The first kappa shape index (κ1) is 20.8. The van der Waals surface area contributed by atoms with E-state index >= 15 is 0 Å². The van der Waals surface area contributed by atoms with Crippen LogP contribution in [0.3, 0.4) is 0 Å². The number of rotatable bonds is 8. The lowest BCUT2D eigenvalue weighted by atomic mass is 10.1. The molecule has 0 spiro atoms. The summed E-state index contributed by atoms with van der Waals surface area (Å²) in [5.74, 6) is 1.82. The zero-order valence-corrected chi connectivity index (χ0v) is 17.9. The van der Waals surface area contributed by atoms with Crippen LogP contribution in [-0.2, 0) is 4.79 Å². The molecule has 0 aliphatic rings. The summed E-state index contributed by atoms with van der Waals surface area (Å²) in [7, 11) is 1.58. The van der Waals surface area contributed by atoms with Gasteiger partial charge in [0.2, 0.25) is 5.91 Å². The van der Waals surface area contributed by atoms with E-state index in [0.29, 0.717) is 28.8 Å². The molecule has 31 heavy (non-hydrogen) atoms. The Hall–Kier alpha value is -3.51. The third kappa shape index (κ3) is 5.16. The predicted molar refractivity (Wildman–Crippen MR) is 124 cm³/mol. The van der Waals surface area contributed by atoms with Crippen LogP contribution in [-0.4, -0.2) is 23.8 Å². The minimum absolute atomic E-state index is 0.0879. The maximum Gasteiger partial charge on any atom is 0.256 e. The van der Waals surface area contributed by atoms with Crippen molar-refractivity contribution in [1.82, 2.24) is 4.98 Å². The fourth-order valence-electron chi connectivity index (χ4n) is 3.13. The van der Waals surface area contributed by atoms with E-state index in [1.165, 1.54) is 11.8 Å². The van der Waals surface area contributed by atoms with Gasteiger partial charge >= 0.3 is 0 Å². The largest absolute Gasteiger partial charge is 0.495 e. The van der Waals surface area contributed by atoms with Crippen molar-refractivity contribution in [2.75, 3.05) is 18.2 Å². The second-order valence-corrected chi connectivity index (χ2v) is 7.78. The number of methoxy groups -OCH3 is 1. The smallest absolute Gasteiger partial charge is 0.256 e. The topological polar surface area (TPSA) is 64.4 Å². The summed E-state index contributed by atoms with van der Waals surface area (Å²) in [6, 6.07) is 27.2. The van der Waals surface area contributed by atoms with Crippen molar-refractivity contribution in [2.45, 2.75) is 11.6 Å². The minimum atomic E-state index is -0.0879. The highest BCUT2D eigenvalue weighted by Gasteiger charge is 2.17. The SMILES string of the molecule is COc1ccccc1NC(=O)CCSc1nc(-c2ccccc2)c(-c2ccccc2)o1. The molecular weight excluding hydrogens is 408 g/mol. The number of nitrogens with one attached hydrogen (secondary N) is 1. The number of para-hydroxylation sites is 2. The normalized spacial score (nSPS) is 10.6. The van der Waals surface area contributed by atoms with Crippen LogP contribution in [0.1, 0.15) is 6.42 Å². The van der Waals surface area contributed by atoms with Gasteiger partial charge in [-0.1, -0.05) is 84.6 Å². The summed E-state index contributed by atoms with van der Waals surface area (Å²) in [6.45, 7) is 0. The molecule has 6 heteroatoms. The van der Waals surface area contributed by atoms with E-state index in [0.717, 1.165) is 22.6 Å². The van der Waals surface area contributed by atoms with E-state index in [1.54, 1.807) is 7.11 Å². The van der Waals surface area contributed by atoms with E-state index in [2.05, 4.69) is 5.32 Å². The van der Waals surface area contributed by atoms with Gasteiger partial charge in [-0.25, -0.2) is 4.98 Å². The molecule has 1 heterocycles. The van der Waals surface area contributed by atoms with E-state index in [-0.39, 0.29) is 5.91 Å². The lowest BCUT2D eigenvalue weighted by Gasteiger charge is -2.09. The van der Waals surface area contributed by atoms with Gasteiger partial charge in [0.25, 0.3) is 5.22 Å². The van der Waals surface area contributed by atoms with Crippen molar-refractivity contribution in [3.05, 3.63) is 84.9 Å². The molecule has 0 aliphatic carbocycles. The van der Waals surface area contributed by atoms with Crippen LogP contribution >= 0.6 is 11.8 Å². The van der Waals surface area contributed by atoms with Crippen molar-refractivity contribution in [1.29, 1.82) is 0 Å². The van der Waals surface area contributed by atoms with Gasteiger partial charge in [-0.2, -0.15) is 0 Å². The minimum Gasteiger partial charge on any atom is -0.495 e. The van der Waals surface area contributed by atoms with Crippen molar-refractivity contribution < 1.29 is 13.9 Å². The highest BCUT2D eigenvalue weighted by Crippen LogP contribution is 2.35. The number of hydrogen-bond donors (Lipinski definition) is 1. The first-order chi connectivity index (χ1) is 15.2. The molecule has 3 aromatic carbocycles. The molecule has 0 saturated heterocycles. The van der Waals surface area contributed by atoms with Gasteiger partial charge in [-0.3, -0.25) is 4.79 Å². The first-order valence-corrected chi connectivity index (χ1v) is 10.9. The molecule has 1 aromatic heterocycles. The fraction of sp³-hybridized carbons (Fsp3) is 0.120. The Balaban J connectivity index is 1.45. The van der Waals surface area contributed by atoms with E-state index in [9.17, 15) is 4.79 Å². The average Bonchev–Trinajstić information content (AvgIpc) is 3.25. The van der Waals surface area contributed by atoms with Crippen LogP contribution in [0, 0.1) is 0 Å². The Morgan fingerprint density at radius 3 is 2.29 bits per heavy atom. The number of thioether (sulfide) groups is 1. The summed E-state index contributed by atoms with van der Waals surface area (Å²) in [4.78, 5) is 17.1. The van der Waals surface area contributed by atoms with E-state index in [4.69, 9.17) is 14.1 Å². The lowest BCUT2D eigenvalue weighted by molar-refractivity contribution is -0.115. The Bertz CT molecular complexity index is 1090. The number of ether oxygens (including phenoxy) is 1. The molecule has 1 N–H and O–H groups in total. The summed E-state index contributed by atoms with van der Waals surface area (Å²) in [5, 5.41) is 3.43. The van der Waals surface area contributed by atoms with Crippen LogP contribution in [0.15, 0.2) is 94.6 Å².